The molecule has 2 aliphatic rings. The van der Waals surface area contributed by atoms with Crippen molar-refractivity contribution >= 4 is 15.9 Å². The van der Waals surface area contributed by atoms with Crippen LogP contribution in [0.4, 0.5) is 0 Å². The second-order valence-corrected chi connectivity index (χ2v) is 9.57. The van der Waals surface area contributed by atoms with Crippen LogP contribution in [0.25, 0.3) is 0 Å². The van der Waals surface area contributed by atoms with Crippen LogP contribution in [0.2, 0.25) is 0 Å². The number of morpholine rings is 1. The van der Waals surface area contributed by atoms with Crippen LogP contribution >= 0.6 is 0 Å². The Labute approximate surface area is 161 Å². The first kappa shape index (κ1) is 20.3. The predicted molar refractivity (Wildman–Crippen MR) is 103 cm³/mol. The zero-order valence-electron chi connectivity index (χ0n) is 16.4. The van der Waals surface area contributed by atoms with Crippen molar-refractivity contribution < 1.29 is 17.9 Å². The molecule has 2 fully saturated rings. The lowest BCUT2D eigenvalue weighted by molar-refractivity contribution is -0.134. The second kappa shape index (κ2) is 7.87. The van der Waals surface area contributed by atoms with Gasteiger partial charge in [0.25, 0.3) is 0 Å². The molecule has 0 saturated carbocycles. The van der Waals surface area contributed by atoms with Crippen LogP contribution in [-0.2, 0) is 19.6 Å². The normalized spacial score (nSPS) is 26.0. The van der Waals surface area contributed by atoms with Gasteiger partial charge >= 0.3 is 0 Å². The third kappa shape index (κ3) is 4.68. The molecule has 1 aromatic carbocycles. The van der Waals surface area contributed by atoms with Crippen LogP contribution in [-0.4, -0.2) is 76.1 Å². The lowest BCUT2D eigenvalue weighted by Gasteiger charge is -2.35. The molecule has 0 aliphatic carbocycles. The minimum absolute atomic E-state index is 0.0460. The van der Waals surface area contributed by atoms with Gasteiger partial charge in [0.2, 0.25) is 15.9 Å². The maximum atomic E-state index is 12.7. The highest BCUT2D eigenvalue weighted by molar-refractivity contribution is 7.89. The number of carbonyl (C=O) groups is 1. The molecule has 1 amide bonds. The van der Waals surface area contributed by atoms with Gasteiger partial charge in [-0.25, -0.2) is 13.1 Å². The van der Waals surface area contributed by atoms with E-state index < -0.39 is 10.0 Å². The quantitative estimate of drug-likeness (QED) is 0.802. The average molecular weight is 396 g/mol. The number of nitrogens with one attached hydrogen (secondary N) is 1. The SMILES string of the molecule is Cc1ccc(S(=O)(=O)N[C@H]2C[C@H]3CO[C@@H](CC(=O)N(C)C)CN3C2)cc1C. The van der Waals surface area contributed by atoms with Crippen molar-refractivity contribution in [1.82, 2.24) is 14.5 Å². The lowest BCUT2D eigenvalue weighted by atomic mass is 10.1. The average Bonchev–Trinajstić information content (AvgIpc) is 2.97. The third-order valence-corrected chi connectivity index (χ3v) is 7.02. The number of sulfonamides is 1. The fourth-order valence-corrected chi connectivity index (χ4v) is 5.02. The van der Waals surface area contributed by atoms with Crippen molar-refractivity contribution in [3.63, 3.8) is 0 Å². The molecule has 0 spiro atoms. The number of ether oxygens (including phenoxy) is 1. The highest BCUT2D eigenvalue weighted by Gasteiger charge is 2.39. The largest absolute Gasteiger partial charge is 0.375 e. The minimum atomic E-state index is -3.55. The molecule has 150 valence electrons. The molecule has 2 aliphatic heterocycles. The van der Waals surface area contributed by atoms with Crippen LogP contribution in [0.15, 0.2) is 23.1 Å². The van der Waals surface area contributed by atoms with E-state index in [2.05, 4.69) is 9.62 Å². The topological polar surface area (TPSA) is 78.9 Å². The second-order valence-electron chi connectivity index (χ2n) is 7.86. The van der Waals surface area contributed by atoms with Crippen molar-refractivity contribution in [3.05, 3.63) is 29.3 Å². The fourth-order valence-electron chi connectivity index (χ4n) is 3.70. The number of rotatable bonds is 5. The number of nitrogens with zero attached hydrogens (tertiary/aromatic N) is 2. The fraction of sp³-hybridized carbons (Fsp3) is 0.632. The molecule has 3 atom stereocenters. The van der Waals surface area contributed by atoms with Gasteiger partial charge in [-0.2, -0.15) is 0 Å². The third-order valence-electron chi connectivity index (χ3n) is 5.50. The highest BCUT2D eigenvalue weighted by Crippen LogP contribution is 2.26. The van der Waals surface area contributed by atoms with Gasteiger partial charge in [-0.15, -0.1) is 0 Å². The van der Waals surface area contributed by atoms with E-state index in [1.54, 1.807) is 31.1 Å². The number of fused-ring (bicyclic) bond motifs is 1. The Morgan fingerprint density at radius 1 is 1.26 bits per heavy atom. The zero-order valence-corrected chi connectivity index (χ0v) is 17.3. The van der Waals surface area contributed by atoms with E-state index in [0.717, 1.165) is 17.5 Å². The number of carbonyl (C=O) groups excluding carboxylic acids is 1. The van der Waals surface area contributed by atoms with E-state index in [-0.39, 0.29) is 24.1 Å². The molecule has 2 saturated heterocycles. The van der Waals surface area contributed by atoms with Crippen LogP contribution in [0, 0.1) is 13.8 Å². The summed E-state index contributed by atoms with van der Waals surface area (Å²) < 4.78 is 34.1. The molecule has 27 heavy (non-hydrogen) atoms. The molecule has 0 aromatic heterocycles. The van der Waals surface area contributed by atoms with Gasteiger partial charge in [-0.3, -0.25) is 9.69 Å². The lowest BCUT2D eigenvalue weighted by Crippen LogP contribution is -2.47. The van der Waals surface area contributed by atoms with Crippen LogP contribution in [0.1, 0.15) is 24.0 Å². The summed E-state index contributed by atoms with van der Waals surface area (Å²) >= 11 is 0. The molecular weight excluding hydrogens is 366 g/mol. The van der Waals surface area contributed by atoms with Crippen LogP contribution in [0.5, 0.6) is 0 Å². The Morgan fingerprint density at radius 2 is 2.00 bits per heavy atom. The first-order valence-corrected chi connectivity index (χ1v) is 10.8. The predicted octanol–water partition coefficient (Wildman–Crippen LogP) is 0.902. The Bertz CT molecular complexity index is 809. The van der Waals surface area contributed by atoms with E-state index in [1.807, 2.05) is 19.9 Å². The summed E-state index contributed by atoms with van der Waals surface area (Å²) in [5.41, 5.74) is 2.03. The van der Waals surface area contributed by atoms with Crippen molar-refractivity contribution in [1.29, 1.82) is 0 Å². The van der Waals surface area contributed by atoms with Gasteiger partial charge in [-0.1, -0.05) is 6.07 Å². The number of hydrogen-bond donors (Lipinski definition) is 1. The van der Waals surface area contributed by atoms with Gasteiger partial charge < -0.3 is 9.64 Å². The smallest absolute Gasteiger partial charge is 0.240 e. The van der Waals surface area contributed by atoms with E-state index >= 15 is 0 Å². The van der Waals surface area contributed by atoms with E-state index in [4.69, 9.17) is 4.74 Å². The maximum absolute atomic E-state index is 12.7. The van der Waals surface area contributed by atoms with Gasteiger partial charge in [0.05, 0.1) is 24.0 Å². The van der Waals surface area contributed by atoms with Gasteiger partial charge in [0.1, 0.15) is 0 Å². The Kier molecular flexibility index (Phi) is 5.90. The molecule has 1 N–H and O–H groups in total. The molecule has 3 rings (SSSR count). The molecule has 1 aromatic rings. The summed E-state index contributed by atoms with van der Waals surface area (Å²) in [7, 11) is -0.0728. The Hall–Kier alpha value is -1.48. The van der Waals surface area contributed by atoms with Gasteiger partial charge in [-0.05, 0) is 43.5 Å². The van der Waals surface area contributed by atoms with E-state index in [1.165, 1.54) is 0 Å². The van der Waals surface area contributed by atoms with Crippen LogP contribution < -0.4 is 4.72 Å². The standard InChI is InChI=1S/C19H29N3O4S/c1-13-5-6-18(7-14(13)2)27(24,25)20-15-8-16-12-26-17(11-22(16)10-15)9-19(23)21(3)4/h5-7,15-17,20H,8-12H2,1-4H3/t15-,16-,17-/m0/s1. The molecule has 8 heteroatoms. The van der Waals surface area contributed by atoms with Crippen molar-refractivity contribution in [3.8, 4) is 0 Å². The molecule has 0 unspecified atom stereocenters. The molecule has 2 heterocycles. The molecule has 0 radical (unpaired) electrons. The van der Waals surface area contributed by atoms with E-state index in [9.17, 15) is 13.2 Å². The monoisotopic (exact) mass is 395 g/mol. The summed E-state index contributed by atoms with van der Waals surface area (Å²) in [6, 6.07) is 5.25. The van der Waals surface area contributed by atoms with Crippen molar-refractivity contribution in [2.45, 2.75) is 49.8 Å². The summed E-state index contributed by atoms with van der Waals surface area (Å²) in [6.45, 7) is 5.71. The van der Waals surface area contributed by atoms with Gasteiger partial charge in [0.15, 0.2) is 0 Å². The first-order valence-electron chi connectivity index (χ1n) is 9.31. The maximum Gasteiger partial charge on any atom is 0.240 e. The minimum Gasteiger partial charge on any atom is -0.375 e. The highest BCUT2D eigenvalue weighted by atomic mass is 32.2. The Balaban J connectivity index is 1.61. The number of aryl methyl sites for hydroxylation is 2. The van der Waals surface area contributed by atoms with Gasteiger partial charge in [0, 0.05) is 39.3 Å². The number of benzene rings is 1. The molecular formula is C19H29N3O4S. The first-order chi connectivity index (χ1) is 12.7. The van der Waals surface area contributed by atoms with Crippen molar-refractivity contribution in [2.24, 2.45) is 0 Å². The van der Waals surface area contributed by atoms with Crippen molar-refractivity contribution in [2.75, 3.05) is 33.8 Å². The summed E-state index contributed by atoms with van der Waals surface area (Å²) in [4.78, 5) is 16.0. The molecule has 7 nitrogen and oxygen atoms in total. The summed E-state index contributed by atoms with van der Waals surface area (Å²) in [5.74, 6) is 0.0460. The number of hydrogen-bond acceptors (Lipinski definition) is 5. The van der Waals surface area contributed by atoms with Crippen LogP contribution in [0.3, 0.4) is 0 Å². The number of amides is 1. The Morgan fingerprint density at radius 3 is 2.67 bits per heavy atom. The van der Waals surface area contributed by atoms with E-state index in [0.29, 0.717) is 31.0 Å². The molecule has 0 bridgehead atoms. The zero-order chi connectivity index (χ0) is 19.8. The summed E-state index contributed by atoms with van der Waals surface area (Å²) in [6.07, 6.45) is 0.944. The summed E-state index contributed by atoms with van der Waals surface area (Å²) in [5, 5.41) is 0.